The maximum absolute atomic E-state index is 12.1. The van der Waals surface area contributed by atoms with Gasteiger partial charge in [-0.25, -0.2) is 0 Å². The van der Waals surface area contributed by atoms with E-state index in [4.69, 9.17) is 0 Å². The maximum atomic E-state index is 12.1. The van der Waals surface area contributed by atoms with Crippen LogP contribution in [0.2, 0.25) is 0 Å². The molecule has 20 heavy (non-hydrogen) atoms. The average Bonchev–Trinajstić information content (AvgIpc) is 2.71. The SMILES string of the molecule is CC(=O)C(NC(=O)CN1CCCC1CC(C)O)C(C)C. The molecule has 5 heteroatoms. The fraction of sp³-hybridized carbons (Fsp3) is 0.867. The van der Waals surface area contributed by atoms with Gasteiger partial charge in [-0.05, 0) is 45.6 Å². The van der Waals surface area contributed by atoms with Crippen molar-refractivity contribution in [3.63, 3.8) is 0 Å². The molecule has 1 saturated heterocycles. The minimum absolute atomic E-state index is 0.00435. The topological polar surface area (TPSA) is 69.6 Å². The molecule has 0 aliphatic carbocycles. The van der Waals surface area contributed by atoms with E-state index < -0.39 is 6.04 Å². The highest BCUT2D eigenvalue weighted by Gasteiger charge is 2.28. The molecular weight excluding hydrogens is 256 g/mol. The Morgan fingerprint density at radius 1 is 1.35 bits per heavy atom. The lowest BCUT2D eigenvalue weighted by molar-refractivity contribution is -0.128. The lowest BCUT2D eigenvalue weighted by atomic mass is 10.0. The number of nitrogens with one attached hydrogen (secondary N) is 1. The Bertz CT molecular complexity index is 342. The second-order valence-corrected chi connectivity index (χ2v) is 6.25. The van der Waals surface area contributed by atoms with Gasteiger partial charge in [-0.3, -0.25) is 14.5 Å². The van der Waals surface area contributed by atoms with Crippen molar-refractivity contribution in [3.05, 3.63) is 0 Å². The highest BCUT2D eigenvalue weighted by Crippen LogP contribution is 2.20. The van der Waals surface area contributed by atoms with Crippen LogP contribution in [0.1, 0.15) is 47.0 Å². The van der Waals surface area contributed by atoms with Crippen LogP contribution in [0.15, 0.2) is 0 Å². The number of Topliss-reactive ketones (excluding diaryl/α,β-unsaturated/α-hetero) is 1. The predicted octanol–water partition coefficient (Wildman–Crippen LogP) is 0.951. The number of likely N-dealkylation sites (tertiary alicyclic amines) is 1. The number of hydrogen-bond donors (Lipinski definition) is 2. The number of amides is 1. The first-order valence-electron chi connectivity index (χ1n) is 7.53. The lowest BCUT2D eigenvalue weighted by Gasteiger charge is -2.26. The summed E-state index contributed by atoms with van der Waals surface area (Å²) in [5.41, 5.74) is 0. The Balaban J connectivity index is 2.50. The van der Waals surface area contributed by atoms with Crippen LogP contribution in [0.5, 0.6) is 0 Å². The molecule has 1 amide bonds. The Morgan fingerprint density at radius 2 is 2.00 bits per heavy atom. The monoisotopic (exact) mass is 284 g/mol. The van der Waals surface area contributed by atoms with Gasteiger partial charge in [0.15, 0.2) is 5.78 Å². The third-order valence-electron chi connectivity index (χ3n) is 3.88. The third-order valence-corrected chi connectivity index (χ3v) is 3.88. The molecule has 116 valence electrons. The summed E-state index contributed by atoms with van der Waals surface area (Å²) in [6.45, 7) is 8.35. The summed E-state index contributed by atoms with van der Waals surface area (Å²) >= 11 is 0. The molecule has 0 radical (unpaired) electrons. The fourth-order valence-corrected chi connectivity index (χ4v) is 2.91. The van der Waals surface area contributed by atoms with Gasteiger partial charge >= 0.3 is 0 Å². The second-order valence-electron chi connectivity index (χ2n) is 6.25. The largest absolute Gasteiger partial charge is 0.393 e. The van der Waals surface area contributed by atoms with E-state index in [1.165, 1.54) is 6.92 Å². The number of ketones is 1. The van der Waals surface area contributed by atoms with Gasteiger partial charge in [0.05, 0.1) is 18.7 Å². The standard InChI is InChI=1S/C15H28N2O3/c1-10(2)15(12(4)19)16-14(20)9-17-7-5-6-13(17)8-11(3)18/h10-11,13,15,18H,5-9H2,1-4H3,(H,16,20). The quantitative estimate of drug-likeness (QED) is 0.730. The molecule has 1 heterocycles. The van der Waals surface area contributed by atoms with Crippen LogP contribution in [-0.2, 0) is 9.59 Å². The van der Waals surface area contributed by atoms with Crippen molar-refractivity contribution in [2.45, 2.75) is 65.1 Å². The molecule has 1 aliphatic heterocycles. The number of carbonyl (C=O) groups excluding carboxylic acids is 2. The minimum atomic E-state index is -0.402. The number of aliphatic hydroxyl groups excluding tert-OH is 1. The minimum Gasteiger partial charge on any atom is -0.393 e. The van der Waals surface area contributed by atoms with Gasteiger partial charge in [-0.2, -0.15) is 0 Å². The van der Waals surface area contributed by atoms with Crippen molar-refractivity contribution < 1.29 is 14.7 Å². The zero-order valence-corrected chi connectivity index (χ0v) is 13.1. The van der Waals surface area contributed by atoms with E-state index in [0.29, 0.717) is 13.0 Å². The summed E-state index contributed by atoms with van der Waals surface area (Å²) in [5, 5.41) is 12.3. The van der Waals surface area contributed by atoms with E-state index in [2.05, 4.69) is 10.2 Å². The number of hydrogen-bond acceptors (Lipinski definition) is 4. The molecule has 1 rings (SSSR count). The predicted molar refractivity (Wildman–Crippen MR) is 78.3 cm³/mol. The van der Waals surface area contributed by atoms with Crippen LogP contribution in [0.4, 0.5) is 0 Å². The van der Waals surface area contributed by atoms with Crippen LogP contribution in [0.25, 0.3) is 0 Å². The van der Waals surface area contributed by atoms with E-state index in [0.717, 1.165) is 19.4 Å². The summed E-state index contributed by atoms with van der Waals surface area (Å²) < 4.78 is 0. The molecule has 2 N–H and O–H groups in total. The molecule has 0 aromatic heterocycles. The molecule has 0 aromatic carbocycles. The van der Waals surface area contributed by atoms with Gasteiger partial charge in [0.25, 0.3) is 0 Å². The van der Waals surface area contributed by atoms with E-state index >= 15 is 0 Å². The molecular formula is C15H28N2O3. The number of carbonyl (C=O) groups is 2. The molecule has 0 saturated carbocycles. The van der Waals surface area contributed by atoms with Crippen molar-refractivity contribution in [2.24, 2.45) is 5.92 Å². The third kappa shape index (κ3) is 5.21. The number of rotatable bonds is 7. The van der Waals surface area contributed by atoms with Crippen molar-refractivity contribution in [1.29, 1.82) is 0 Å². The van der Waals surface area contributed by atoms with Crippen LogP contribution in [-0.4, -0.2) is 53.0 Å². The van der Waals surface area contributed by atoms with Gasteiger partial charge in [0.1, 0.15) is 0 Å². The van der Waals surface area contributed by atoms with Crippen molar-refractivity contribution in [2.75, 3.05) is 13.1 Å². The van der Waals surface area contributed by atoms with Gasteiger partial charge in [0.2, 0.25) is 5.91 Å². The molecule has 1 aliphatic rings. The normalized spacial score (nSPS) is 22.8. The number of nitrogens with zero attached hydrogens (tertiary/aromatic N) is 1. The van der Waals surface area contributed by atoms with Crippen LogP contribution in [0.3, 0.4) is 0 Å². The Hall–Kier alpha value is -0.940. The molecule has 5 nitrogen and oxygen atoms in total. The molecule has 3 unspecified atom stereocenters. The molecule has 0 aromatic rings. The Morgan fingerprint density at radius 3 is 2.50 bits per heavy atom. The maximum Gasteiger partial charge on any atom is 0.234 e. The van der Waals surface area contributed by atoms with E-state index in [1.54, 1.807) is 6.92 Å². The van der Waals surface area contributed by atoms with Crippen LogP contribution in [0, 0.1) is 5.92 Å². The van der Waals surface area contributed by atoms with Gasteiger partial charge in [0, 0.05) is 6.04 Å². The van der Waals surface area contributed by atoms with Crippen molar-refractivity contribution in [1.82, 2.24) is 10.2 Å². The summed E-state index contributed by atoms with van der Waals surface area (Å²) in [7, 11) is 0. The second kappa shape index (κ2) is 7.74. The number of aliphatic hydroxyl groups is 1. The lowest BCUT2D eigenvalue weighted by Crippen LogP contribution is -2.48. The summed E-state index contributed by atoms with van der Waals surface area (Å²) in [5.74, 6) is -0.00464. The van der Waals surface area contributed by atoms with Gasteiger partial charge in [-0.1, -0.05) is 13.8 Å². The molecule has 1 fully saturated rings. The summed E-state index contributed by atoms with van der Waals surface area (Å²) in [4.78, 5) is 25.7. The van der Waals surface area contributed by atoms with Crippen LogP contribution >= 0.6 is 0 Å². The zero-order valence-electron chi connectivity index (χ0n) is 13.1. The fourth-order valence-electron chi connectivity index (χ4n) is 2.91. The summed E-state index contributed by atoms with van der Waals surface area (Å²) in [6, 6.07) is -0.129. The highest BCUT2D eigenvalue weighted by atomic mass is 16.3. The zero-order chi connectivity index (χ0) is 15.3. The van der Waals surface area contributed by atoms with E-state index in [-0.39, 0.29) is 29.8 Å². The first-order valence-corrected chi connectivity index (χ1v) is 7.53. The molecule has 0 spiro atoms. The van der Waals surface area contributed by atoms with Crippen molar-refractivity contribution in [3.8, 4) is 0 Å². The first-order chi connectivity index (χ1) is 9.31. The van der Waals surface area contributed by atoms with Gasteiger partial charge < -0.3 is 10.4 Å². The Labute approximate surface area is 121 Å². The van der Waals surface area contributed by atoms with Gasteiger partial charge in [-0.15, -0.1) is 0 Å². The van der Waals surface area contributed by atoms with E-state index in [9.17, 15) is 14.7 Å². The van der Waals surface area contributed by atoms with Crippen LogP contribution < -0.4 is 5.32 Å². The smallest absolute Gasteiger partial charge is 0.234 e. The first kappa shape index (κ1) is 17.1. The Kier molecular flexibility index (Phi) is 6.62. The average molecular weight is 284 g/mol. The van der Waals surface area contributed by atoms with Crippen molar-refractivity contribution >= 4 is 11.7 Å². The highest BCUT2D eigenvalue weighted by molar-refractivity contribution is 5.88. The summed E-state index contributed by atoms with van der Waals surface area (Å²) in [6.07, 6.45) is 2.45. The van der Waals surface area contributed by atoms with E-state index in [1.807, 2.05) is 13.8 Å². The molecule has 0 bridgehead atoms. The molecule has 3 atom stereocenters.